The molecule has 33 heavy (non-hydrogen) atoms. The average Bonchev–Trinajstić information content (AvgIpc) is 3.29. The molecule has 0 fully saturated rings. The monoisotopic (exact) mass is 424 g/mol. The number of imidazole rings is 1. The molecule has 0 aliphatic carbocycles. The van der Waals surface area contributed by atoms with Gasteiger partial charge in [-0.3, -0.25) is 14.5 Å². The van der Waals surface area contributed by atoms with Crippen molar-refractivity contribution in [2.24, 2.45) is 0 Å². The Kier molecular flexibility index (Phi) is 4.74. The zero-order valence-electron chi connectivity index (χ0n) is 17.8. The topological polar surface area (TPSA) is 43.6 Å². The van der Waals surface area contributed by atoms with Crippen molar-refractivity contribution >= 4 is 11.0 Å². The largest absolute Gasteiger partial charge is 0.292 e. The lowest BCUT2D eigenvalue weighted by Crippen LogP contribution is -1.99. The molecule has 0 unspecified atom stereocenters. The maximum atomic E-state index is 5.11. The van der Waals surface area contributed by atoms with Gasteiger partial charge < -0.3 is 0 Å². The van der Waals surface area contributed by atoms with E-state index in [1.165, 1.54) is 0 Å². The van der Waals surface area contributed by atoms with Gasteiger partial charge >= 0.3 is 0 Å². The van der Waals surface area contributed by atoms with Crippen LogP contribution in [0, 0.1) is 0 Å². The smallest absolute Gasteiger partial charge is 0.146 e. The minimum Gasteiger partial charge on any atom is -0.292 e. The van der Waals surface area contributed by atoms with Crippen molar-refractivity contribution < 1.29 is 0 Å². The predicted molar refractivity (Wildman–Crippen MR) is 133 cm³/mol. The third kappa shape index (κ3) is 3.48. The van der Waals surface area contributed by atoms with Gasteiger partial charge in [0.15, 0.2) is 0 Å². The first-order valence-corrected chi connectivity index (χ1v) is 10.9. The summed E-state index contributed by atoms with van der Waals surface area (Å²) in [5, 5.41) is 0. The van der Waals surface area contributed by atoms with Crippen LogP contribution in [0.2, 0.25) is 0 Å². The SMILES string of the molecule is c1ccc(-n2c(-c3cc(-c4cccnc4)ccc3-c3cccnc3)nc3ccccc32)cc1. The molecule has 0 saturated heterocycles. The van der Waals surface area contributed by atoms with E-state index in [9.17, 15) is 0 Å². The van der Waals surface area contributed by atoms with Crippen molar-refractivity contribution in [2.75, 3.05) is 0 Å². The number of aromatic nitrogens is 4. The fourth-order valence-electron chi connectivity index (χ4n) is 4.26. The summed E-state index contributed by atoms with van der Waals surface area (Å²) in [4.78, 5) is 13.8. The molecule has 6 aromatic rings. The summed E-state index contributed by atoms with van der Waals surface area (Å²) in [6.07, 6.45) is 7.39. The fourth-order valence-corrected chi connectivity index (χ4v) is 4.26. The molecule has 0 aliphatic heterocycles. The van der Waals surface area contributed by atoms with Gasteiger partial charge in [-0.15, -0.1) is 0 Å². The molecule has 0 spiro atoms. The second kappa shape index (κ2) is 8.17. The molecule has 4 heteroatoms. The van der Waals surface area contributed by atoms with Gasteiger partial charge in [0.1, 0.15) is 5.82 Å². The van der Waals surface area contributed by atoms with E-state index in [0.29, 0.717) is 0 Å². The van der Waals surface area contributed by atoms with Gasteiger partial charge in [-0.25, -0.2) is 4.98 Å². The highest BCUT2D eigenvalue weighted by Crippen LogP contribution is 2.37. The molecule has 0 atom stereocenters. The van der Waals surface area contributed by atoms with Crippen molar-refractivity contribution in [1.82, 2.24) is 19.5 Å². The Bertz CT molecular complexity index is 1540. The van der Waals surface area contributed by atoms with Crippen LogP contribution >= 0.6 is 0 Å². The van der Waals surface area contributed by atoms with Crippen molar-refractivity contribution in [3.05, 3.63) is 122 Å². The van der Waals surface area contributed by atoms with Gasteiger partial charge in [-0.1, -0.05) is 54.6 Å². The van der Waals surface area contributed by atoms with E-state index in [-0.39, 0.29) is 0 Å². The van der Waals surface area contributed by atoms with Crippen LogP contribution in [-0.2, 0) is 0 Å². The van der Waals surface area contributed by atoms with E-state index in [1.807, 2.05) is 36.7 Å². The van der Waals surface area contributed by atoms with Gasteiger partial charge in [0.25, 0.3) is 0 Å². The summed E-state index contributed by atoms with van der Waals surface area (Å²) in [5.41, 5.74) is 8.45. The third-order valence-corrected chi connectivity index (χ3v) is 5.80. The van der Waals surface area contributed by atoms with Crippen LogP contribution in [0.15, 0.2) is 122 Å². The van der Waals surface area contributed by atoms with Crippen molar-refractivity contribution in [2.45, 2.75) is 0 Å². The van der Waals surface area contributed by atoms with Crippen LogP contribution in [-0.4, -0.2) is 19.5 Å². The highest BCUT2D eigenvalue weighted by atomic mass is 15.1. The van der Waals surface area contributed by atoms with Crippen LogP contribution in [0.25, 0.3) is 50.4 Å². The second-order valence-electron chi connectivity index (χ2n) is 7.84. The van der Waals surface area contributed by atoms with Crippen LogP contribution in [0.4, 0.5) is 0 Å². The Morgan fingerprint density at radius 3 is 2.03 bits per heavy atom. The second-order valence-corrected chi connectivity index (χ2v) is 7.84. The summed E-state index contributed by atoms with van der Waals surface area (Å²) in [7, 11) is 0. The average molecular weight is 425 g/mol. The lowest BCUT2D eigenvalue weighted by atomic mass is 9.95. The molecule has 3 heterocycles. The number of nitrogens with zero attached hydrogens (tertiary/aromatic N) is 4. The van der Waals surface area contributed by atoms with Crippen LogP contribution in [0.5, 0.6) is 0 Å². The number of pyridine rings is 2. The zero-order valence-corrected chi connectivity index (χ0v) is 17.8. The molecule has 6 rings (SSSR count). The zero-order chi connectivity index (χ0) is 22.0. The Labute approximate surface area is 191 Å². The van der Waals surface area contributed by atoms with Gasteiger partial charge in [-0.2, -0.15) is 0 Å². The summed E-state index contributed by atoms with van der Waals surface area (Å²) in [5.74, 6) is 0.895. The van der Waals surface area contributed by atoms with Crippen LogP contribution < -0.4 is 0 Å². The first-order valence-electron chi connectivity index (χ1n) is 10.9. The summed E-state index contributed by atoms with van der Waals surface area (Å²) in [6.45, 7) is 0. The Morgan fingerprint density at radius 2 is 1.27 bits per heavy atom. The summed E-state index contributed by atoms with van der Waals surface area (Å²) in [6, 6.07) is 33.2. The minimum absolute atomic E-state index is 0.895. The maximum Gasteiger partial charge on any atom is 0.146 e. The normalized spacial score (nSPS) is 11.0. The number of rotatable bonds is 4. The van der Waals surface area contributed by atoms with Crippen molar-refractivity contribution in [1.29, 1.82) is 0 Å². The first-order chi connectivity index (χ1) is 16.4. The number of para-hydroxylation sites is 3. The van der Waals surface area contributed by atoms with Crippen molar-refractivity contribution in [3.8, 4) is 39.3 Å². The fraction of sp³-hybridized carbons (Fsp3) is 0. The molecule has 0 aliphatic rings. The van der Waals surface area contributed by atoms with Gasteiger partial charge in [-0.05, 0) is 53.6 Å². The van der Waals surface area contributed by atoms with Gasteiger partial charge in [0.2, 0.25) is 0 Å². The molecule has 0 radical (unpaired) electrons. The van der Waals surface area contributed by atoms with E-state index in [0.717, 1.165) is 50.4 Å². The molecule has 0 amide bonds. The number of hydrogen-bond acceptors (Lipinski definition) is 3. The molecule has 4 nitrogen and oxygen atoms in total. The van der Waals surface area contributed by atoms with E-state index < -0.39 is 0 Å². The lowest BCUT2D eigenvalue weighted by molar-refractivity contribution is 1.10. The number of hydrogen-bond donors (Lipinski definition) is 0. The molecule has 0 saturated carbocycles. The van der Waals surface area contributed by atoms with E-state index in [1.54, 1.807) is 12.4 Å². The Morgan fingerprint density at radius 1 is 0.545 bits per heavy atom. The Hall–Kier alpha value is -4.57. The lowest BCUT2D eigenvalue weighted by Gasteiger charge is -2.15. The first kappa shape index (κ1) is 19.1. The summed E-state index contributed by atoms with van der Waals surface area (Å²) >= 11 is 0. The quantitative estimate of drug-likeness (QED) is 0.312. The molecular formula is C29H20N4. The molecule has 3 aromatic heterocycles. The molecular weight excluding hydrogens is 404 g/mol. The summed E-state index contributed by atoms with van der Waals surface area (Å²) < 4.78 is 2.23. The molecule has 0 N–H and O–H groups in total. The predicted octanol–water partition coefficient (Wildman–Crippen LogP) is 6.82. The highest BCUT2D eigenvalue weighted by molar-refractivity contribution is 5.90. The number of benzene rings is 3. The van der Waals surface area contributed by atoms with E-state index in [2.05, 4.69) is 87.3 Å². The van der Waals surface area contributed by atoms with E-state index >= 15 is 0 Å². The van der Waals surface area contributed by atoms with E-state index in [4.69, 9.17) is 4.98 Å². The third-order valence-electron chi connectivity index (χ3n) is 5.80. The van der Waals surface area contributed by atoms with Gasteiger partial charge in [0.05, 0.1) is 11.0 Å². The number of fused-ring (bicyclic) bond motifs is 1. The standard InChI is InChI=1S/C29H20N4/c1-2-10-24(11-3-1)33-28-13-5-4-12-27(28)32-29(33)26-18-21(22-8-6-16-30-19-22)14-15-25(26)23-9-7-17-31-20-23/h1-20H. The minimum atomic E-state index is 0.895. The van der Waals surface area contributed by atoms with Crippen LogP contribution in [0.3, 0.4) is 0 Å². The van der Waals surface area contributed by atoms with Crippen LogP contribution in [0.1, 0.15) is 0 Å². The van der Waals surface area contributed by atoms with Gasteiger partial charge in [0, 0.05) is 47.2 Å². The molecule has 156 valence electrons. The Balaban J connectivity index is 1.68. The maximum absolute atomic E-state index is 5.11. The van der Waals surface area contributed by atoms with Crippen molar-refractivity contribution in [3.63, 3.8) is 0 Å². The highest BCUT2D eigenvalue weighted by Gasteiger charge is 2.18. The molecule has 3 aromatic carbocycles. The molecule has 0 bridgehead atoms.